The Morgan fingerprint density at radius 2 is 1.58 bits per heavy atom. The van der Waals surface area contributed by atoms with Crippen LogP contribution in [-0.2, 0) is 19.5 Å². The number of fused-ring (bicyclic) bond motifs is 1. The largest absolute Gasteiger partial charge is 0.496 e. The van der Waals surface area contributed by atoms with Gasteiger partial charge in [0.05, 0.1) is 23.2 Å². The zero-order valence-electron chi connectivity index (χ0n) is 21.3. The molecular formula is C28H30N2O5S. The fraction of sp³-hybridized carbons (Fsp3) is 0.321. The van der Waals surface area contributed by atoms with E-state index in [0.29, 0.717) is 27.9 Å². The lowest BCUT2D eigenvalue weighted by atomic mass is 9.90. The maximum atomic E-state index is 13.7. The van der Waals surface area contributed by atoms with E-state index in [4.69, 9.17) is 14.2 Å². The molecule has 1 saturated heterocycles. The van der Waals surface area contributed by atoms with Crippen molar-refractivity contribution in [1.29, 1.82) is 0 Å². The third kappa shape index (κ3) is 3.89. The van der Waals surface area contributed by atoms with Gasteiger partial charge in [-0.3, -0.25) is 0 Å². The number of para-hydroxylation sites is 1. The van der Waals surface area contributed by atoms with Gasteiger partial charge >= 0.3 is 0 Å². The van der Waals surface area contributed by atoms with E-state index in [9.17, 15) is 8.42 Å². The molecule has 8 heteroatoms. The maximum Gasteiger partial charge on any atom is 0.269 e. The van der Waals surface area contributed by atoms with Crippen molar-refractivity contribution < 1.29 is 22.6 Å². The Balaban J connectivity index is 1.73. The molecule has 2 aromatic carbocycles. The van der Waals surface area contributed by atoms with Crippen LogP contribution in [0.3, 0.4) is 0 Å². The molecule has 0 aliphatic carbocycles. The third-order valence-electron chi connectivity index (χ3n) is 7.13. The van der Waals surface area contributed by atoms with Gasteiger partial charge in [-0.1, -0.05) is 35.9 Å². The van der Waals surface area contributed by atoms with Crippen molar-refractivity contribution in [2.24, 2.45) is 0 Å². The Morgan fingerprint density at radius 1 is 0.944 bits per heavy atom. The fourth-order valence-corrected chi connectivity index (χ4v) is 5.62. The van der Waals surface area contributed by atoms with Gasteiger partial charge < -0.3 is 14.2 Å². The van der Waals surface area contributed by atoms with E-state index < -0.39 is 27.5 Å². The molecule has 1 aliphatic heterocycles. The number of ether oxygens (including phenoxy) is 3. The molecule has 1 aliphatic rings. The highest BCUT2D eigenvalue weighted by atomic mass is 32.2. The number of pyridine rings is 1. The first-order chi connectivity index (χ1) is 16.9. The number of hydrogen-bond acceptors (Lipinski definition) is 6. The minimum atomic E-state index is -3.91. The maximum absolute atomic E-state index is 13.7. The quantitative estimate of drug-likeness (QED) is 0.337. The van der Waals surface area contributed by atoms with E-state index >= 15 is 0 Å². The molecule has 7 nitrogen and oxygen atoms in total. The van der Waals surface area contributed by atoms with Gasteiger partial charge in [0.15, 0.2) is 11.9 Å². The summed E-state index contributed by atoms with van der Waals surface area (Å²) in [5.41, 5.74) is 2.42. The van der Waals surface area contributed by atoms with Crippen LogP contribution in [0.1, 0.15) is 45.1 Å². The predicted molar refractivity (Wildman–Crippen MR) is 139 cm³/mol. The monoisotopic (exact) mass is 506 g/mol. The molecule has 0 unspecified atom stereocenters. The van der Waals surface area contributed by atoms with Crippen LogP contribution >= 0.6 is 0 Å². The molecule has 0 N–H and O–H groups in total. The Labute approximate surface area is 211 Å². The van der Waals surface area contributed by atoms with Crippen molar-refractivity contribution in [2.45, 2.75) is 57.0 Å². The summed E-state index contributed by atoms with van der Waals surface area (Å²) >= 11 is 0. The van der Waals surface area contributed by atoms with Gasteiger partial charge in [-0.15, -0.1) is 0 Å². The molecule has 0 atom stereocenters. The van der Waals surface area contributed by atoms with Gasteiger partial charge in [-0.25, -0.2) is 17.4 Å². The van der Waals surface area contributed by atoms with E-state index in [-0.39, 0.29) is 4.90 Å². The predicted octanol–water partition coefficient (Wildman–Crippen LogP) is 5.86. The SMILES string of the molecule is COc1ccccc1-c1cn(S(=O)(=O)c2ccc(C)cc2)c2ncc(C3OC(C)(C)C(C)(C)O3)cc12. The van der Waals surface area contributed by atoms with Gasteiger partial charge in [0.2, 0.25) is 0 Å². The summed E-state index contributed by atoms with van der Waals surface area (Å²) < 4.78 is 46.7. The van der Waals surface area contributed by atoms with Gasteiger partial charge in [-0.05, 0) is 58.9 Å². The number of aryl methyl sites for hydroxylation is 1. The topological polar surface area (TPSA) is 79.7 Å². The minimum absolute atomic E-state index is 0.188. The van der Waals surface area contributed by atoms with Crippen molar-refractivity contribution in [2.75, 3.05) is 7.11 Å². The summed E-state index contributed by atoms with van der Waals surface area (Å²) in [7, 11) is -2.31. The van der Waals surface area contributed by atoms with Crippen molar-refractivity contribution >= 4 is 21.1 Å². The molecule has 4 aromatic rings. The number of methoxy groups -OCH3 is 1. The molecule has 1 fully saturated rings. The van der Waals surface area contributed by atoms with E-state index in [1.807, 2.05) is 65.0 Å². The van der Waals surface area contributed by atoms with Gasteiger partial charge in [0.25, 0.3) is 10.0 Å². The third-order valence-corrected chi connectivity index (χ3v) is 8.80. The molecule has 0 amide bonds. The fourth-order valence-electron chi connectivity index (χ4n) is 4.29. The highest BCUT2D eigenvalue weighted by molar-refractivity contribution is 7.90. The zero-order valence-corrected chi connectivity index (χ0v) is 22.1. The first kappa shape index (κ1) is 24.5. The summed E-state index contributed by atoms with van der Waals surface area (Å²) in [6.07, 6.45) is 2.60. The Hall–Kier alpha value is -3.20. The van der Waals surface area contributed by atoms with Crippen LogP contribution in [0.2, 0.25) is 0 Å². The van der Waals surface area contributed by atoms with Gasteiger partial charge in [0.1, 0.15) is 5.75 Å². The van der Waals surface area contributed by atoms with Crippen molar-refractivity contribution in [1.82, 2.24) is 8.96 Å². The summed E-state index contributed by atoms with van der Waals surface area (Å²) in [5, 5.41) is 0.655. The van der Waals surface area contributed by atoms with E-state index in [1.54, 1.807) is 43.8 Å². The second kappa shape index (κ2) is 8.44. The van der Waals surface area contributed by atoms with Crippen LogP contribution in [0.15, 0.2) is 71.9 Å². The number of nitrogens with zero attached hydrogens (tertiary/aromatic N) is 2. The van der Waals surface area contributed by atoms with Gasteiger partial charge in [-0.2, -0.15) is 0 Å². The lowest BCUT2D eigenvalue weighted by Crippen LogP contribution is -2.41. The second-order valence-corrected chi connectivity index (χ2v) is 11.9. The molecule has 0 saturated carbocycles. The molecule has 36 heavy (non-hydrogen) atoms. The summed E-state index contributed by atoms with van der Waals surface area (Å²) in [5.74, 6) is 0.630. The molecule has 3 heterocycles. The molecule has 5 rings (SSSR count). The summed E-state index contributed by atoms with van der Waals surface area (Å²) in [6, 6.07) is 16.2. The van der Waals surface area contributed by atoms with Crippen molar-refractivity contribution in [3.8, 4) is 16.9 Å². The Morgan fingerprint density at radius 3 is 2.22 bits per heavy atom. The smallest absolute Gasteiger partial charge is 0.269 e. The molecule has 2 aromatic heterocycles. The van der Waals surface area contributed by atoms with Crippen LogP contribution in [-0.4, -0.2) is 35.7 Å². The van der Waals surface area contributed by atoms with Crippen molar-refractivity contribution in [3.63, 3.8) is 0 Å². The van der Waals surface area contributed by atoms with Crippen LogP contribution in [0, 0.1) is 6.92 Å². The van der Waals surface area contributed by atoms with Crippen LogP contribution in [0.4, 0.5) is 0 Å². The highest BCUT2D eigenvalue weighted by Crippen LogP contribution is 2.46. The average Bonchev–Trinajstić information content (AvgIpc) is 3.33. The van der Waals surface area contributed by atoms with E-state index in [2.05, 4.69) is 4.98 Å². The first-order valence-corrected chi connectivity index (χ1v) is 13.2. The number of rotatable bonds is 5. The van der Waals surface area contributed by atoms with Crippen LogP contribution in [0.25, 0.3) is 22.2 Å². The molecule has 0 spiro atoms. The molecule has 0 bridgehead atoms. The lowest BCUT2D eigenvalue weighted by Gasteiger charge is -2.30. The Kier molecular flexibility index (Phi) is 5.74. The van der Waals surface area contributed by atoms with Crippen LogP contribution in [0.5, 0.6) is 5.75 Å². The standard InChI is InChI=1S/C28H30N2O5S/c1-18-11-13-20(14-12-18)36(31,32)30-17-23(21-9-7-8-10-24(21)33-6)22-15-19(16-29-25(22)30)26-34-27(2,3)28(4,5)35-26/h7-17,26H,1-6H3. The second-order valence-electron chi connectivity index (χ2n) is 10.1. The first-order valence-electron chi connectivity index (χ1n) is 11.8. The van der Waals surface area contributed by atoms with E-state index in [0.717, 1.165) is 11.1 Å². The number of hydrogen-bond donors (Lipinski definition) is 0. The number of benzene rings is 2. The molecule has 0 radical (unpaired) electrons. The lowest BCUT2D eigenvalue weighted by molar-refractivity contribution is -0.0896. The minimum Gasteiger partial charge on any atom is -0.496 e. The number of aromatic nitrogens is 2. The Bertz CT molecular complexity index is 1540. The average molecular weight is 507 g/mol. The van der Waals surface area contributed by atoms with Gasteiger partial charge in [0, 0.05) is 34.5 Å². The van der Waals surface area contributed by atoms with E-state index in [1.165, 1.54) is 3.97 Å². The zero-order chi connectivity index (χ0) is 25.9. The summed E-state index contributed by atoms with van der Waals surface area (Å²) in [6.45, 7) is 9.88. The van der Waals surface area contributed by atoms with Crippen molar-refractivity contribution in [3.05, 3.63) is 78.1 Å². The highest BCUT2D eigenvalue weighted by Gasteiger charge is 2.49. The normalized spacial score (nSPS) is 17.5. The molecule has 188 valence electrons. The molecular weight excluding hydrogens is 476 g/mol. The summed E-state index contributed by atoms with van der Waals surface area (Å²) in [4.78, 5) is 4.80. The van der Waals surface area contributed by atoms with Crippen LogP contribution < -0.4 is 4.74 Å².